The predicted molar refractivity (Wildman–Crippen MR) is 91.9 cm³/mol. The van der Waals surface area contributed by atoms with Crippen LogP contribution in [0.25, 0.3) is 5.57 Å². The van der Waals surface area contributed by atoms with Gasteiger partial charge in [-0.1, -0.05) is 11.6 Å². The van der Waals surface area contributed by atoms with Crippen molar-refractivity contribution in [3.8, 4) is 5.75 Å². The lowest BCUT2D eigenvalue weighted by Crippen LogP contribution is -2.51. The van der Waals surface area contributed by atoms with Gasteiger partial charge in [0, 0.05) is 29.0 Å². The van der Waals surface area contributed by atoms with Gasteiger partial charge >= 0.3 is 6.97 Å². The third-order valence-electron chi connectivity index (χ3n) is 4.56. The van der Waals surface area contributed by atoms with Crippen LogP contribution in [0.1, 0.15) is 18.2 Å². The van der Waals surface area contributed by atoms with Crippen molar-refractivity contribution >= 4 is 29.9 Å². The molecule has 0 unspecified atom stereocenters. The minimum atomic E-state index is -4.06. The molecule has 0 saturated heterocycles. The molecule has 122 valence electrons. The second-order valence-corrected chi connectivity index (χ2v) is 6.21. The number of ether oxygens (including phenoxy) is 1. The fourth-order valence-electron chi connectivity index (χ4n) is 3.38. The lowest BCUT2D eigenvalue weighted by atomic mass is 9.88. The molecule has 24 heavy (non-hydrogen) atoms. The standard InChI is InChI=1S/C17H14BClF2N2O/c1-11-14-7-8-16(12-3-5-13(24-2)6-4-12)22(14)18(20,21)23-15(11)9-10-17(23)19/h3-10H,1-2H3. The van der Waals surface area contributed by atoms with Crippen molar-refractivity contribution < 1.29 is 17.9 Å². The summed E-state index contributed by atoms with van der Waals surface area (Å²) in [5.74, 6) is 0.680. The van der Waals surface area contributed by atoms with Gasteiger partial charge in [-0.15, -0.1) is 0 Å². The minimum absolute atomic E-state index is 0.0365. The molecular weight excluding hydrogens is 332 g/mol. The van der Waals surface area contributed by atoms with E-state index in [1.165, 1.54) is 6.07 Å². The first-order valence-electron chi connectivity index (χ1n) is 7.54. The molecule has 0 amide bonds. The number of allylic oxidation sites excluding steroid dienone is 3. The molecule has 0 aliphatic carbocycles. The first kappa shape index (κ1) is 15.2. The van der Waals surface area contributed by atoms with Gasteiger partial charge in [-0.05, 0) is 43.3 Å². The first-order valence-corrected chi connectivity index (χ1v) is 7.92. The zero-order valence-electron chi connectivity index (χ0n) is 13.1. The Morgan fingerprint density at radius 3 is 2.46 bits per heavy atom. The Labute approximate surface area is 143 Å². The van der Waals surface area contributed by atoms with Crippen molar-refractivity contribution in [3.63, 3.8) is 0 Å². The van der Waals surface area contributed by atoms with Crippen molar-refractivity contribution in [2.75, 3.05) is 7.11 Å². The van der Waals surface area contributed by atoms with E-state index in [-0.39, 0.29) is 5.15 Å². The Balaban J connectivity index is 1.97. The number of halogens is 3. The molecule has 1 aromatic heterocycles. The average Bonchev–Trinajstić information content (AvgIpc) is 3.18. The second-order valence-electron chi connectivity index (χ2n) is 5.83. The second kappa shape index (κ2) is 5.08. The van der Waals surface area contributed by atoms with Crippen LogP contribution in [-0.4, -0.2) is 28.8 Å². The Morgan fingerprint density at radius 1 is 1.08 bits per heavy atom. The molecule has 0 saturated carbocycles. The maximum Gasteiger partial charge on any atom is 0.738 e. The van der Waals surface area contributed by atoms with Gasteiger partial charge < -0.3 is 22.3 Å². The predicted octanol–water partition coefficient (Wildman–Crippen LogP) is 4.19. The maximum absolute atomic E-state index is 15.2. The number of benzene rings is 1. The molecule has 0 bridgehead atoms. The van der Waals surface area contributed by atoms with Crippen LogP contribution in [0.2, 0.25) is 5.15 Å². The smallest absolute Gasteiger partial charge is 0.497 e. The fraction of sp³-hybridized carbons (Fsp3) is 0.118. The summed E-state index contributed by atoms with van der Waals surface area (Å²) < 4.78 is 37.6. The molecule has 2 aliphatic rings. The minimum Gasteiger partial charge on any atom is -0.497 e. The molecule has 2 aromatic rings. The van der Waals surface area contributed by atoms with E-state index >= 15 is 8.63 Å². The number of nitrogens with zero attached hydrogens (tertiary/aromatic N) is 2. The molecule has 3 heterocycles. The number of methoxy groups -OCH3 is 1. The van der Waals surface area contributed by atoms with Gasteiger partial charge in [0.1, 0.15) is 5.75 Å². The van der Waals surface area contributed by atoms with E-state index in [1.54, 1.807) is 49.6 Å². The molecule has 7 heteroatoms. The Bertz CT molecular complexity index is 942. The van der Waals surface area contributed by atoms with E-state index < -0.39 is 6.97 Å². The Kier molecular flexibility index (Phi) is 3.22. The van der Waals surface area contributed by atoms with Crippen LogP contribution >= 0.6 is 11.6 Å². The van der Waals surface area contributed by atoms with E-state index in [1.807, 2.05) is 6.92 Å². The zero-order valence-corrected chi connectivity index (χ0v) is 13.9. The van der Waals surface area contributed by atoms with E-state index in [0.717, 1.165) is 14.5 Å². The van der Waals surface area contributed by atoms with Crippen LogP contribution in [0.5, 0.6) is 5.75 Å². The van der Waals surface area contributed by atoms with Gasteiger partial charge in [0.2, 0.25) is 0 Å². The number of aromatic nitrogens is 1. The van der Waals surface area contributed by atoms with Crippen LogP contribution in [0.4, 0.5) is 8.63 Å². The van der Waals surface area contributed by atoms with Gasteiger partial charge in [0.15, 0.2) is 11.4 Å². The summed E-state index contributed by atoms with van der Waals surface area (Å²) in [5, 5.41) is 0.0365. The average molecular weight is 347 g/mol. The molecule has 0 atom stereocenters. The monoisotopic (exact) mass is 346 g/mol. The summed E-state index contributed by atoms with van der Waals surface area (Å²) in [6, 6.07) is 10.2. The highest BCUT2D eigenvalue weighted by atomic mass is 35.5. The van der Waals surface area contributed by atoms with Crippen LogP contribution in [0.3, 0.4) is 0 Å². The lowest BCUT2D eigenvalue weighted by molar-refractivity contribution is -0.361. The molecule has 0 spiro atoms. The number of rotatable bonds is 2. The molecular formula is C17H14BClF2N2O. The first-order chi connectivity index (χ1) is 11.4. The summed E-state index contributed by atoms with van der Waals surface area (Å²) >= 11 is 6.03. The van der Waals surface area contributed by atoms with Gasteiger partial charge in [-0.2, -0.15) is 0 Å². The van der Waals surface area contributed by atoms with Crippen molar-refractivity contribution in [2.24, 2.45) is 0 Å². The molecule has 3 nitrogen and oxygen atoms in total. The zero-order chi connectivity index (χ0) is 17.1. The third kappa shape index (κ3) is 1.92. The van der Waals surface area contributed by atoms with Gasteiger partial charge in [0.05, 0.1) is 12.3 Å². The fourth-order valence-corrected chi connectivity index (χ4v) is 3.65. The van der Waals surface area contributed by atoms with Crippen molar-refractivity contribution in [1.82, 2.24) is 4.48 Å². The van der Waals surface area contributed by atoms with Gasteiger partial charge in [-0.3, -0.25) is 0 Å². The van der Waals surface area contributed by atoms with E-state index in [9.17, 15) is 0 Å². The summed E-state index contributed by atoms with van der Waals surface area (Å²) in [4.78, 5) is 0. The van der Waals surface area contributed by atoms with Crippen molar-refractivity contribution in [1.29, 1.82) is 0 Å². The van der Waals surface area contributed by atoms with Crippen LogP contribution < -0.4 is 4.74 Å². The molecule has 1 aromatic carbocycles. The van der Waals surface area contributed by atoms with E-state index in [4.69, 9.17) is 16.3 Å². The highest BCUT2D eigenvalue weighted by molar-refractivity contribution is 6.59. The van der Waals surface area contributed by atoms with E-state index in [2.05, 4.69) is 0 Å². The van der Waals surface area contributed by atoms with Crippen molar-refractivity contribution in [3.05, 3.63) is 70.7 Å². The summed E-state index contributed by atoms with van der Waals surface area (Å²) in [6.45, 7) is -2.23. The number of fused-ring (bicyclic) bond motifs is 2. The largest absolute Gasteiger partial charge is 0.738 e. The molecule has 0 fully saturated rings. The van der Waals surface area contributed by atoms with Crippen molar-refractivity contribution in [2.45, 2.75) is 6.92 Å². The quantitative estimate of drug-likeness (QED) is 0.745. The van der Waals surface area contributed by atoms with Gasteiger partial charge in [0.25, 0.3) is 0 Å². The van der Waals surface area contributed by atoms with E-state index in [0.29, 0.717) is 28.4 Å². The summed E-state index contributed by atoms with van der Waals surface area (Å²) in [6.07, 6.45) is 3.45. The van der Waals surface area contributed by atoms with Crippen LogP contribution in [0.15, 0.2) is 54.2 Å². The SMILES string of the molecule is COc1ccc(C2=[N+]3C(=C(C)c4ccc(Cl)n4[B-]3(F)F)C=C2)cc1. The molecule has 0 N–H and O–H groups in total. The highest BCUT2D eigenvalue weighted by Crippen LogP contribution is 2.38. The molecule has 2 aliphatic heterocycles. The third-order valence-corrected chi connectivity index (χ3v) is 4.87. The topological polar surface area (TPSA) is 17.2 Å². The number of hydrogen-bond donors (Lipinski definition) is 0. The normalized spacial score (nSPS) is 18.0. The lowest BCUT2D eigenvalue weighted by Gasteiger charge is -2.31. The molecule has 4 rings (SSSR count). The van der Waals surface area contributed by atoms with Gasteiger partial charge in [-0.25, -0.2) is 0 Å². The summed E-state index contributed by atoms with van der Waals surface area (Å²) in [7, 11) is 1.57. The maximum atomic E-state index is 15.2. The Morgan fingerprint density at radius 2 is 1.79 bits per heavy atom. The highest BCUT2D eigenvalue weighted by Gasteiger charge is 2.53. The number of hydrogen-bond acceptors (Lipinski definition) is 1. The van der Waals surface area contributed by atoms with Crippen LogP contribution in [-0.2, 0) is 0 Å². The Hall–Kier alpha value is -2.34. The summed E-state index contributed by atoms with van der Waals surface area (Å²) in [5.41, 5.74) is 2.88. The molecule has 0 radical (unpaired) electrons. The van der Waals surface area contributed by atoms with Crippen LogP contribution in [0, 0.1) is 0 Å².